The lowest BCUT2D eigenvalue weighted by Gasteiger charge is -2.55. The van der Waals surface area contributed by atoms with E-state index >= 15 is 0 Å². The van der Waals surface area contributed by atoms with Crippen LogP contribution in [-0.2, 0) is 9.59 Å². The van der Waals surface area contributed by atoms with E-state index in [-0.39, 0.29) is 42.8 Å². The number of amides is 5. The largest absolute Gasteiger partial charge is 0.490 e. The van der Waals surface area contributed by atoms with Crippen molar-refractivity contribution in [2.45, 2.75) is 88.4 Å². The second-order valence-electron chi connectivity index (χ2n) is 18.4. The number of hydrogen-bond donors (Lipinski definition) is 1. The summed E-state index contributed by atoms with van der Waals surface area (Å²) in [4.78, 5) is 74.9. The summed E-state index contributed by atoms with van der Waals surface area (Å²) in [5, 5.41) is 11.8. The number of halogens is 1. The molecule has 61 heavy (non-hydrogen) atoms. The SMILES string of the molecule is N#Cc1ccc(OC2C[C@H]3CC[C@@H](C2)N3C(=O)c2ccc(N3CC4(CCN(CC5CCN(c6ccc7c(c6)C(=O)N(C6CCC(=O)NC6=O)C7=O)CC5)CC4)C3)cc2)cc1Cl. The summed E-state index contributed by atoms with van der Waals surface area (Å²) in [6, 6.07) is 20.2. The predicted molar refractivity (Wildman–Crippen MR) is 228 cm³/mol. The highest BCUT2D eigenvalue weighted by atomic mass is 35.5. The first kappa shape index (κ1) is 39.7. The summed E-state index contributed by atoms with van der Waals surface area (Å²) >= 11 is 6.23. The predicted octanol–water partition coefficient (Wildman–Crippen LogP) is 5.65. The molecule has 2 bridgehead atoms. The van der Waals surface area contributed by atoms with Gasteiger partial charge < -0.3 is 24.3 Å². The average Bonchev–Trinajstić information content (AvgIpc) is 3.67. The maximum Gasteiger partial charge on any atom is 0.262 e. The minimum Gasteiger partial charge on any atom is -0.490 e. The van der Waals surface area contributed by atoms with Gasteiger partial charge in [0, 0.05) is 92.5 Å². The quantitative estimate of drug-likeness (QED) is 0.283. The third-order valence-electron chi connectivity index (χ3n) is 14.7. The monoisotopic (exact) mass is 843 g/mol. The molecular weight excluding hydrogens is 794 g/mol. The van der Waals surface area contributed by atoms with Crippen LogP contribution in [0.2, 0.25) is 5.02 Å². The maximum absolute atomic E-state index is 13.8. The maximum atomic E-state index is 13.8. The third kappa shape index (κ3) is 7.41. The van der Waals surface area contributed by atoms with Crippen molar-refractivity contribution in [3.8, 4) is 11.8 Å². The summed E-state index contributed by atoms with van der Waals surface area (Å²) in [6.45, 7) is 7.18. The average molecular weight is 844 g/mol. The fourth-order valence-electron chi connectivity index (χ4n) is 11.2. The van der Waals surface area contributed by atoms with E-state index in [9.17, 15) is 29.2 Å². The Morgan fingerprint density at radius 1 is 0.803 bits per heavy atom. The number of rotatable bonds is 8. The summed E-state index contributed by atoms with van der Waals surface area (Å²) < 4.78 is 6.28. The Bertz CT molecular complexity index is 2310. The van der Waals surface area contributed by atoms with Crippen LogP contribution >= 0.6 is 11.6 Å². The molecular formula is C47H50ClN7O6. The number of carbonyl (C=O) groups is 5. The van der Waals surface area contributed by atoms with Gasteiger partial charge in [0.25, 0.3) is 17.7 Å². The highest BCUT2D eigenvalue weighted by Crippen LogP contribution is 2.44. The van der Waals surface area contributed by atoms with E-state index < -0.39 is 23.8 Å². The second-order valence-corrected chi connectivity index (χ2v) is 18.8. The zero-order valence-electron chi connectivity index (χ0n) is 34.2. The first-order chi connectivity index (χ1) is 29.5. The molecule has 0 saturated carbocycles. The molecule has 10 rings (SSSR count). The smallest absolute Gasteiger partial charge is 0.262 e. The molecule has 0 aliphatic carbocycles. The zero-order valence-corrected chi connectivity index (χ0v) is 34.9. The van der Waals surface area contributed by atoms with Crippen molar-refractivity contribution >= 4 is 52.5 Å². The van der Waals surface area contributed by atoms with E-state index in [1.54, 1.807) is 30.3 Å². The first-order valence-electron chi connectivity index (χ1n) is 21.9. The van der Waals surface area contributed by atoms with Gasteiger partial charge in [-0.15, -0.1) is 0 Å². The minimum absolute atomic E-state index is 0.00849. The van der Waals surface area contributed by atoms with Crippen LogP contribution < -0.4 is 19.9 Å². The molecule has 13 nitrogen and oxygen atoms in total. The Balaban J connectivity index is 0.665. The van der Waals surface area contributed by atoms with Crippen LogP contribution in [0.15, 0.2) is 60.7 Å². The molecule has 0 aromatic heterocycles. The molecule has 0 radical (unpaired) electrons. The number of nitrogens with one attached hydrogen (secondary N) is 1. The Morgan fingerprint density at radius 2 is 1.49 bits per heavy atom. The van der Waals surface area contributed by atoms with Crippen molar-refractivity contribution in [1.29, 1.82) is 5.26 Å². The van der Waals surface area contributed by atoms with Gasteiger partial charge in [0.05, 0.1) is 21.7 Å². The fourth-order valence-corrected chi connectivity index (χ4v) is 11.5. The Morgan fingerprint density at radius 3 is 2.16 bits per heavy atom. The molecule has 1 N–H and O–H groups in total. The van der Waals surface area contributed by atoms with Crippen LogP contribution in [0.25, 0.3) is 0 Å². The van der Waals surface area contributed by atoms with Gasteiger partial charge in [0.1, 0.15) is 24.0 Å². The lowest BCUT2D eigenvalue weighted by atomic mass is 9.71. The highest BCUT2D eigenvalue weighted by Gasteiger charge is 2.47. The van der Waals surface area contributed by atoms with Crippen molar-refractivity contribution in [2.24, 2.45) is 11.3 Å². The molecule has 5 amide bonds. The number of hydrogen-bond acceptors (Lipinski definition) is 10. The van der Waals surface area contributed by atoms with Gasteiger partial charge in [0.15, 0.2) is 0 Å². The normalized spacial score (nSPS) is 26.3. The number of piperidine rings is 4. The van der Waals surface area contributed by atoms with E-state index in [0.717, 1.165) is 100 Å². The van der Waals surface area contributed by atoms with Gasteiger partial charge >= 0.3 is 0 Å². The van der Waals surface area contributed by atoms with E-state index in [0.29, 0.717) is 38.8 Å². The zero-order chi connectivity index (χ0) is 42.0. The number of ether oxygens (including phenoxy) is 1. The number of nitrogens with zero attached hydrogens (tertiary/aromatic N) is 6. The number of likely N-dealkylation sites (tertiary alicyclic amines) is 1. The van der Waals surface area contributed by atoms with Crippen LogP contribution in [0.3, 0.4) is 0 Å². The topological polar surface area (TPSA) is 147 Å². The van der Waals surface area contributed by atoms with Crippen molar-refractivity contribution in [1.82, 2.24) is 20.0 Å². The Hall–Kier alpha value is -5.45. The molecule has 3 aromatic carbocycles. The summed E-state index contributed by atoms with van der Waals surface area (Å²) in [5.41, 5.74) is 4.26. The number of benzene rings is 3. The van der Waals surface area contributed by atoms with Crippen molar-refractivity contribution in [2.75, 3.05) is 55.6 Å². The third-order valence-corrected chi connectivity index (χ3v) is 15.0. The molecule has 3 aromatic rings. The summed E-state index contributed by atoms with van der Waals surface area (Å²) in [7, 11) is 0. The molecule has 2 unspecified atom stereocenters. The van der Waals surface area contributed by atoms with Gasteiger partial charge in [0.2, 0.25) is 11.8 Å². The van der Waals surface area contributed by atoms with Crippen LogP contribution in [-0.4, -0.2) is 114 Å². The summed E-state index contributed by atoms with van der Waals surface area (Å²) in [5.74, 6) is -0.551. The molecule has 1 spiro atoms. The second kappa shape index (κ2) is 15.8. The van der Waals surface area contributed by atoms with Gasteiger partial charge in [-0.2, -0.15) is 5.26 Å². The molecule has 6 saturated heterocycles. The van der Waals surface area contributed by atoms with Crippen molar-refractivity contribution in [3.63, 3.8) is 0 Å². The van der Waals surface area contributed by atoms with E-state index in [1.165, 1.54) is 18.5 Å². The van der Waals surface area contributed by atoms with Gasteiger partial charge in [-0.1, -0.05) is 11.6 Å². The van der Waals surface area contributed by atoms with E-state index in [4.69, 9.17) is 16.3 Å². The minimum atomic E-state index is -0.962. The van der Waals surface area contributed by atoms with Crippen LogP contribution in [0.4, 0.5) is 11.4 Å². The Kier molecular flexibility index (Phi) is 10.3. The number of nitriles is 1. The first-order valence-corrected chi connectivity index (χ1v) is 22.3. The van der Waals surface area contributed by atoms with Crippen molar-refractivity contribution in [3.05, 3.63) is 87.9 Å². The van der Waals surface area contributed by atoms with E-state index in [2.05, 4.69) is 43.1 Å². The van der Waals surface area contributed by atoms with E-state index in [1.807, 2.05) is 18.2 Å². The molecule has 14 heteroatoms. The molecule has 4 atom stereocenters. The lowest BCUT2D eigenvalue weighted by Crippen LogP contribution is -2.60. The fraction of sp³-hybridized carbons (Fsp3) is 0.489. The lowest BCUT2D eigenvalue weighted by molar-refractivity contribution is -0.136. The standard InChI is InChI=1S/C47H50ClN7O6/c48-40-24-36(9-3-31(40)25-49)61-37-21-34-6-7-35(22-37)54(34)44(58)30-1-4-32(5-2-30)53-27-47(28-53)15-19-51(20-16-47)26-29-13-17-52(18-14-29)33-8-10-38-39(23-33)46(60)55(45(38)59)41-11-12-42(56)50-43(41)57/h1-5,8-10,23-24,29,34-35,37,41H,6-7,11-22,26-28H2,(H,50,56,57)/t34-,35+,37?,41?. The van der Waals surface area contributed by atoms with Crippen LogP contribution in [0.5, 0.6) is 5.75 Å². The molecule has 316 valence electrons. The molecule has 7 aliphatic heterocycles. The number of carbonyl (C=O) groups excluding carboxylic acids is 5. The number of anilines is 2. The molecule has 7 aliphatic rings. The van der Waals surface area contributed by atoms with Crippen LogP contribution in [0, 0.1) is 22.7 Å². The number of fused-ring (bicyclic) bond motifs is 3. The van der Waals surface area contributed by atoms with Crippen LogP contribution in [0.1, 0.15) is 101 Å². The number of imide groups is 2. The Labute approximate surface area is 360 Å². The molecule has 6 fully saturated rings. The molecule has 7 heterocycles. The van der Waals surface area contributed by atoms with Gasteiger partial charge in [-0.25, -0.2) is 0 Å². The van der Waals surface area contributed by atoms with Gasteiger partial charge in [-0.05, 0) is 119 Å². The van der Waals surface area contributed by atoms with Crippen molar-refractivity contribution < 1.29 is 28.7 Å². The summed E-state index contributed by atoms with van der Waals surface area (Å²) in [6.07, 6.45) is 8.29. The van der Waals surface area contributed by atoms with Gasteiger partial charge in [-0.3, -0.25) is 34.2 Å². The highest BCUT2D eigenvalue weighted by molar-refractivity contribution is 6.31.